The Bertz CT molecular complexity index is 1630. The molecule has 0 spiro atoms. The molecule has 5 heterocycles. The molecular formula is C32H39N7O3. The number of hydrogen-bond donors (Lipinski definition) is 2. The van der Waals surface area contributed by atoms with E-state index in [1.54, 1.807) is 13.4 Å². The Kier molecular flexibility index (Phi) is 8.08. The number of rotatable bonds is 8. The number of ether oxygens (including phenoxy) is 1. The summed E-state index contributed by atoms with van der Waals surface area (Å²) in [5.41, 5.74) is 6.10. The molecule has 1 aliphatic carbocycles. The van der Waals surface area contributed by atoms with Crippen LogP contribution in [0.25, 0.3) is 16.6 Å². The van der Waals surface area contributed by atoms with Crippen LogP contribution in [0.15, 0.2) is 47.7 Å². The van der Waals surface area contributed by atoms with E-state index < -0.39 is 0 Å². The minimum Gasteiger partial charge on any atom is -0.380 e. The van der Waals surface area contributed by atoms with E-state index in [1.165, 1.54) is 12.8 Å². The maximum absolute atomic E-state index is 13.8. The van der Waals surface area contributed by atoms with Crippen LogP contribution in [0.5, 0.6) is 0 Å². The molecule has 1 saturated carbocycles. The minimum absolute atomic E-state index is 0.0876. The van der Waals surface area contributed by atoms with Gasteiger partial charge in [0.1, 0.15) is 17.8 Å². The molecule has 4 aromatic heterocycles. The summed E-state index contributed by atoms with van der Waals surface area (Å²) in [5, 5.41) is 2.99. The second-order valence-corrected chi connectivity index (χ2v) is 11.6. The number of H-pyrrole nitrogens is 1. The van der Waals surface area contributed by atoms with Gasteiger partial charge in [0.15, 0.2) is 0 Å². The van der Waals surface area contributed by atoms with Gasteiger partial charge in [-0.25, -0.2) is 9.97 Å². The largest absolute Gasteiger partial charge is 0.380 e. The van der Waals surface area contributed by atoms with E-state index >= 15 is 0 Å². The number of fused-ring (bicyclic) bond motifs is 1. The lowest BCUT2D eigenvalue weighted by atomic mass is 10.0. The number of nitrogens with one attached hydrogen (secondary N) is 2. The summed E-state index contributed by atoms with van der Waals surface area (Å²) in [4.78, 5) is 43.6. The third-order valence-corrected chi connectivity index (χ3v) is 8.65. The average molecular weight is 570 g/mol. The van der Waals surface area contributed by atoms with Crippen molar-refractivity contribution >= 4 is 17.2 Å². The number of nitrogens with zero attached hydrogens (tertiary/aromatic N) is 5. The summed E-state index contributed by atoms with van der Waals surface area (Å²) in [6, 6.07) is 10.1. The van der Waals surface area contributed by atoms with Crippen molar-refractivity contribution in [1.29, 1.82) is 0 Å². The van der Waals surface area contributed by atoms with E-state index in [0.717, 1.165) is 78.4 Å². The number of aromatic amines is 1. The minimum atomic E-state index is -0.275. The Hall–Kier alpha value is -4.02. The molecule has 0 bridgehead atoms. The van der Waals surface area contributed by atoms with Crippen molar-refractivity contribution in [2.75, 3.05) is 45.2 Å². The number of carbonyl (C=O) groups is 1. The van der Waals surface area contributed by atoms with Crippen LogP contribution in [-0.4, -0.2) is 70.5 Å². The maximum Gasteiger partial charge on any atom is 0.268 e. The zero-order valence-electron chi connectivity index (χ0n) is 24.7. The molecule has 2 N–H and O–H groups in total. The second kappa shape index (κ2) is 12.1. The van der Waals surface area contributed by atoms with Gasteiger partial charge in [0.2, 0.25) is 0 Å². The van der Waals surface area contributed by atoms with E-state index in [0.29, 0.717) is 23.8 Å². The molecule has 4 aromatic rings. The van der Waals surface area contributed by atoms with E-state index in [1.807, 2.05) is 29.7 Å². The molecule has 1 saturated heterocycles. The predicted molar refractivity (Wildman–Crippen MR) is 163 cm³/mol. The Morgan fingerprint density at radius 1 is 1.07 bits per heavy atom. The van der Waals surface area contributed by atoms with Gasteiger partial charge in [-0.15, -0.1) is 0 Å². The summed E-state index contributed by atoms with van der Waals surface area (Å²) in [6.07, 6.45) is 8.27. The number of pyridine rings is 3. The van der Waals surface area contributed by atoms with Crippen LogP contribution in [0.4, 0.5) is 5.82 Å². The summed E-state index contributed by atoms with van der Waals surface area (Å²) < 4.78 is 7.19. The van der Waals surface area contributed by atoms with Gasteiger partial charge in [0, 0.05) is 68.8 Å². The molecule has 2 fully saturated rings. The van der Waals surface area contributed by atoms with Crippen molar-refractivity contribution in [3.63, 3.8) is 0 Å². The molecule has 6 rings (SSSR count). The van der Waals surface area contributed by atoms with Crippen molar-refractivity contribution in [3.8, 4) is 11.1 Å². The monoisotopic (exact) mass is 569 g/mol. The summed E-state index contributed by atoms with van der Waals surface area (Å²) in [5.74, 6) is 1.08. The molecule has 0 unspecified atom stereocenters. The van der Waals surface area contributed by atoms with Gasteiger partial charge < -0.3 is 24.8 Å². The van der Waals surface area contributed by atoms with Gasteiger partial charge in [-0.05, 0) is 68.3 Å². The molecule has 0 aromatic carbocycles. The average Bonchev–Trinajstić information content (AvgIpc) is 3.67. The Morgan fingerprint density at radius 3 is 2.57 bits per heavy atom. The highest BCUT2D eigenvalue weighted by atomic mass is 16.5. The number of aromatic nitrogens is 4. The number of imidazole rings is 1. The molecule has 220 valence electrons. The van der Waals surface area contributed by atoms with Crippen molar-refractivity contribution < 1.29 is 9.53 Å². The van der Waals surface area contributed by atoms with Crippen LogP contribution in [0, 0.1) is 6.92 Å². The van der Waals surface area contributed by atoms with Crippen molar-refractivity contribution in [2.24, 2.45) is 0 Å². The Labute approximate surface area is 245 Å². The maximum atomic E-state index is 13.8. The highest BCUT2D eigenvalue weighted by molar-refractivity contribution is 5.95. The number of methoxy groups -OCH3 is 1. The van der Waals surface area contributed by atoms with Crippen LogP contribution >= 0.6 is 0 Å². The summed E-state index contributed by atoms with van der Waals surface area (Å²) in [6.45, 7) is 6.16. The second-order valence-electron chi connectivity index (χ2n) is 11.6. The highest BCUT2D eigenvalue weighted by Crippen LogP contribution is 2.37. The van der Waals surface area contributed by atoms with Gasteiger partial charge in [0.05, 0.1) is 17.8 Å². The topological polar surface area (TPSA) is 108 Å². The van der Waals surface area contributed by atoms with Gasteiger partial charge in [-0.2, -0.15) is 0 Å². The number of hydrogen-bond acceptors (Lipinski definition) is 7. The molecule has 0 atom stereocenters. The molecule has 1 aliphatic heterocycles. The first-order valence-electron chi connectivity index (χ1n) is 14.8. The Morgan fingerprint density at radius 2 is 1.86 bits per heavy atom. The fourth-order valence-corrected chi connectivity index (χ4v) is 6.27. The van der Waals surface area contributed by atoms with Crippen LogP contribution in [0.1, 0.15) is 64.6 Å². The molecule has 10 heteroatoms. The molecule has 0 radical (unpaired) electrons. The lowest BCUT2D eigenvalue weighted by molar-refractivity contribution is 0.0944. The number of anilines is 1. The van der Waals surface area contributed by atoms with E-state index in [9.17, 15) is 9.59 Å². The van der Waals surface area contributed by atoms with Crippen molar-refractivity contribution in [3.05, 3.63) is 81.4 Å². The number of amides is 1. The van der Waals surface area contributed by atoms with Crippen LogP contribution < -0.4 is 15.8 Å². The zero-order valence-corrected chi connectivity index (χ0v) is 24.7. The van der Waals surface area contributed by atoms with Crippen LogP contribution in [0.2, 0.25) is 0 Å². The smallest absolute Gasteiger partial charge is 0.268 e. The number of piperazine rings is 1. The molecule has 10 nitrogen and oxygen atoms in total. The predicted octanol–water partition coefficient (Wildman–Crippen LogP) is 3.88. The fraction of sp³-hybridized carbons (Fsp3) is 0.438. The first-order valence-corrected chi connectivity index (χ1v) is 14.8. The molecule has 1 amide bonds. The number of likely N-dealkylation sites (N-methyl/N-ethyl adjacent to an activating group) is 1. The number of carbonyl (C=O) groups excluding carboxylic acids is 1. The first kappa shape index (κ1) is 28.1. The van der Waals surface area contributed by atoms with E-state index in [4.69, 9.17) is 14.7 Å². The van der Waals surface area contributed by atoms with Gasteiger partial charge in [0.25, 0.3) is 11.5 Å². The standard InChI is InChI=1S/C32H39N7O3/c1-21-14-25(19-42-3)26(31(40)36-21)18-34-32(41)28-16-24(15-27-30(35-20-39(27)28)22-6-4-5-7-22)23-8-9-29(33-17-23)38-12-10-37(2)11-13-38/h8-9,14-17,20,22H,4-7,10-13,18-19H2,1-3H3,(H,34,41)(H,36,40). The van der Waals surface area contributed by atoms with Crippen LogP contribution in [0.3, 0.4) is 0 Å². The lowest BCUT2D eigenvalue weighted by Crippen LogP contribution is -2.44. The quantitative estimate of drug-likeness (QED) is 0.332. The Balaban J connectivity index is 1.34. The fourth-order valence-electron chi connectivity index (χ4n) is 6.27. The van der Waals surface area contributed by atoms with Gasteiger partial charge in [-0.3, -0.25) is 14.0 Å². The third kappa shape index (κ3) is 5.69. The van der Waals surface area contributed by atoms with E-state index in [-0.39, 0.29) is 18.0 Å². The summed E-state index contributed by atoms with van der Waals surface area (Å²) >= 11 is 0. The van der Waals surface area contributed by atoms with Crippen molar-refractivity contribution in [1.82, 2.24) is 29.6 Å². The molecule has 2 aliphatic rings. The highest BCUT2D eigenvalue weighted by Gasteiger charge is 2.24. The van der Waals surface area contributed by atoms with Crippen LogP contribution in [-0.2, 0) is 17.9 Å². The zero-order chi connectivity index (χ0) is 29.2. The third-order valence-electron chi connectivity index (χ3n) is 8.65. The normalized spacial score (nSPS) is 16.4. The molecular weight excluding hydrogens is 530 g/mol. The SMILES string of the molecule is COCc1cc(C)[nH]c(=O)c1CNC(=O)c1cc(-c2ccc(N3CCN(C)CC3)nc2)cc2c(C3CCCC3)ncn12. The lowest BCUT2D eigenvalue weighted by Gasteiger charge is -2.33. The van der Waals surface area contributed by atoms with Crippen molar-refractivity contribution in [2.45, 2.75) is 51.7 Å². The molecule has 42 heavy (non-hydrogen) atoms. The first-order chi connectivity index (χ1) is 20.4. The summed E-state index contributed by atoms with van der Waals surface area (Å²) in [7, 11) is 3.74. The number of aryl methyl sites for hydroxylation is 1. The van der Waals surface area contributed by atoms with Gasteiger partial charge in [-0.1, -0.05) is 12.8 Å². The van der Waals surface area contributed by atoms with E-state index in [2.05, 4.69) is 45.3 Å². The van der Waals surface area contributed by atoms with Gasteiger partial charge >= 0.3 is 0 Å².